The average molecular weight is 507 g/mol. The molecule has 0 aromatic carbocycles. The maximum Gasteiger partial charge on any atom is 0.490 e. The van der Waals surface area contributed by atoms with Crippen LogP contribution in [0.25, 0.3) is 11.2 Å². The maximum atomic E-state index is 11.8. The summed E-state index contributed by atoms with van der Waals surface area (Å²) in [5, 5.41) is 19.2. The molecule has 5 atom stereocenters. The van der Waals surface area contributed by atoms with E-state index in [1.165, 1.54) is 10.9 Å². The number of imidazole rings is 1. The number of nitrogens with one attached hydrogen (secondary N) is 1. The topological polar surface area (TPSA) is 265 Å². The van der Waals surface area contributed by atoms with Crippen molar-refractivity contribution in [3.05, 3.63) is 12.7 Å². The predicted octanol–water partition coefficient (Wildman–Crippen LogP) is -0.381. The second-order valence-corrected chi connectivity index (χ2v) is 10.4. The van der Waals surface area contributed by atoms with Gasteiger partial charge >= 0.3 is 23.5 Å². The summed E-state index contributed by atoms with van der Waals surface area (Å²) in [5.74, 6) is 0.0199. The van der Waals surface area contributed by atoms with Crippen molar-refractivity contribution in [2.24, 2.45) is 0 Å². The van der Waals surface area contributed by atoms with Crippen LogP contribution in [-0.4, -0.2) is 68.2 Å². The van der Waals surface area contributed by atoms with Crippen molar-refractivity contribution in [3.63, 3.8) is 0 Å². The lowest BCUT2D eigenvalue weighted by atomic mass is 10.2. The molecule has 18 nitrogen and oxygen atoms in total. The molecule has 0 radical (unpaired) electrons. The molecular weight excluding hydrogens is 491 g/mol. The molecule has 0 saturated carbocycles. The molecule has 174 valence electrons. The van der Waals surface area contributed by atoms with Gasteiger partial charge in [-0.25, -0.2) is 28.6 Å². The van der Waals surface area contributed by atoms with Crippen LogP contribution in [0.2, 0.25) is 0 Å². The first-order valence-corrected chi connectivity index (χ1v) is 12.5. The van der Waals surface area contributed by atoms with Crippen LogP contribution < -0.4 is 5.48 Å². The molecule has 1 aliphatic rings. The number of phosphoric acid groups is 3. The summed E-state index contributed by atoms with van der Waals surface area (Å²) >= 11 is 0. The molecule has 0 bridgehead atoms. The lowest BCUT2D eigenvalue weighted by Gasteiger charge is -2.19. The van der Waals surface area contributed by atoms with E-state index in [1.807, 2.05) is 5.48 Å². The fourth-order valence-corrected chi connectivity index (χ4v) is 5.68. The molecule has 1 fully saturated rings. The van der Waals surface area contributed by atoms with E-state index in [-0.39, 0.29) is 23.4 Å². The molecule has 3 rings (SSSR count). The Bertz CT molecular complexity index is 1090. The second-order valence-electron chi connectivity index (χ2n) is 5.98. The Morgan fingerprint density at radius 1 is 1.13 bits per heavy atom. The number of nitrogens with zero attached hydrogens (tertiary/aromatic N) is 4. The van der Waals surface area contributed by atoms with Crippen molar-refractivity contribution in [1.29, 1.82) is 0 Å². The lowest BCUT2D eigenvalue weighted by Crippen LogP contribution is -2.26. The Morgan fingerprint density at radius 3 is 2.48 bits per heavy atom. The van der Waals surface area contributed by atoms with Crippen molar-refractivity contribution >= 4 is 40.4 Å². The average Bonchev–Trinajstić information content (AvgIpc) is 3.19. The van der Waals surface area contributed by atoms with E-state index in [4.69, 9.17) is 24.6 Å². The van der Waals surface area contributed by atoms with Gasteiger partial charge in [-0.05, 0) is 0 Å². The molecule has 1 aliphatic heterocycles. The molecule has 7 N–H and O–H groups in total. The van der Waals surface area contributed by atoms with Crippen LogP contribution >= 0.6 is 23.5 Å². The SMILES string of the molecule is O=P(O)(O)OP(=O)(O)OP(=O)(O)OC[C@H]1O[C@@H](n2cnc3c(NO)ncnc32)C[C@@H]1O. The highest BCUT2D eigenvalue weighted by Crippen LogP contribution is 2.66. The number of aliphatic hydroxyl groups is 1. The van der Waals surface area contributed by atoms with Gasteiger partial charge in [0.1, 0.15) is 18.7 Å². The van der Waals surface area contributed by atoms with Gasteiger partial charge < -0.3 is 29.4 Å². The Labute approximate surface area is 171 Å². The molecule has 0 amide bonds. The zero-order valence-electron chi connectivity index (χ0n) is 15.0. The van der Waals surface area contributed by atoms with E-state index in [0.29, 0.717) is 0 Å². The number of phosphoric ester groups is 1. The van der Waals surface area contributed by atoms with Crippen molar-refractivity contribution < 1.29 is 61.5 Å². The summed E-state index contributed by atoms with van der Waals surface area (Å²) < 4.78 is 52.3. The van der Waals surface area contributed by atoms with Gasteiger partial charge in [-0.3, -0.25) is 19.8 Å². The standard InChI is InChI=1S/C10H16N5O13P3/c16-5-1-7(15-4-13-8-9(14-17)11-3-12-10(8)15)26-6(5)2-25-30(21,22)28-31(23,24)27-29(18,19)20/h3-7,16-17H,1-2H2,(H,21,22)(H,23,24)(H,11,12,14)(H2,18,19,20)/t5-,6+,7+/m0/s1. The fourth-order valence-electron chi connectivity index (χ4n) is 2.65. The van der Waals surface area contributed by atoms with Crippen LogP contribution in [-0.2, 0) is 31.6 Å². The van der Waals surface area contributed by atoms with E-state index >= 15 is 0 Å². The first-order valence-electron chi connectivity index (χ1n) is 8.00. The molecule has 2 aromatic heterocycles. The summed E-state index contributed by atoms with van der Waals surface area (Å²) in [6.45, 7) is -0.813. The lowest BCUT2D eigenvalue weighted by molar-refractivity contribution is -0.0423. The first-order chi connectivity index (χ1) is 14.3. The van der Waals surface area contributed by atoms with Gasteiger partial charge in [0.05, 0.1) is 19.0 Å². The Kier molecular flexibility index (Phi) is 6.96. The number of aromatic nitrogens is 4. The van der Waals surface area contributed by atoms with Crippen LogP contribution in [0.15, 0.2) is 12.7 Å². The number of ether oxygens (including phenoxy) is 1. The summed E-state index contributed by atoms with van der Waals surface area (Å²) in [7, 11) is -16.5. The third-order valence-electron chi connectivity index (χ3n) is 3.80. The van der Waals surface area contributed by atoms with Crippen LogP contribution in [0.3, 0.4) is 0 Å². The fraction of sp³-hybridized carbons (Fsp3) is 0.500. The van der Waals surface area contributed by atoms with Crippen molar-refractivity contribution in [2.45, 2.75) is 24.9 Å². The smallest absolute Gasteiger partial charge is 0.390 e. The predicted molar refractivity (Wildman–Crippen MR) is 95.1 cm³/mol. The third-order valence-corrected chi connectivity index (χ3v) is 7.60. The highest BCUT2D eigenvalue weighted by atomic mass is 31.3. The number of rotatable bonds is 9. The minimum Gasteiger partial charge on any atom is -0.390 e. The van der Waals surface area contributed by atoms with Crippen molar-refractivity contribution in [3.8, 4) is 0 Å². The summed E-state index contributed by atoms with van der Waals surface area (Å²) in [4.78, 5) is 47.4. The van der Waals surface area contributed by atoms with Crippen molar-refractivity contribution in [1.82, 2.24) is 19.5 Å². The summed E-state index contributed by atoms with van der Waals surface area (Å²) in [6, 6.07) is 0. The molecule has 31 heavy (non-hydrogen) atoms. The normalized spacial score (nSPS) is 25.9. The van der Waals surface area contributed by atoms with Crippen molar-refractivity contribution in [2.75, 3.05) is 12.1 Å². The summed E-state index contributed by atoms with van der Waals surface area (Å²) in [5.41, 5.74) is 2.28. The maximum absolute atomic E-state index is 11.8. The number of hydrogen-bond acceptors (Lipinski definition) is 13. The molecule has 3 heterocycles. The van der Waals surface area contributed by atoms with E-state index in [0.717, 1.165) is 6.33 Å². The zero-order valence-corrected chi connectivity index (χ0v) is 17.7. The van der Waals surface area contributed by atoms with Gasteiger partial charge in [-0.1, -0.05) is 0 Å². The van der Waals surface area contributed by atoms with E-state index < -0.39 is 48.5 Å². The van der Waals surface area contributed by atoms with Gasteiger partial charge in [0.15, 0.2) is 17.0 Å². The Morgan fingerprint density at radius 2 is 1.84 bits per heavy atom. The number of hydrogen-bond donors (Lipinski definition) is 7. The van der Waals surface area contributed by atoms with Crippen LogP contribution in [0, 0.1) is 0 Å². The number of anilines is 1. The summed E-state index contributed by atoms with van der Waals surface area (Å²) in [6.07, 6.45) is -0.922. The monoisotopic (exact) mass is 507 g/mol. The minimum atomic E-state index is -5.66. The molecular formula is C10H16N5O13P3. The number of aliphatic hydroxyl groups excluding tert-OH is 1. The van der Waals surface area contributed by atoms with Crippen LogP contribution in [0.1, 0.15) is 12.6 Å². The van der Waals surface area contributed by atoms with Gasteiger partial charge in [-0.2, -0.15) is 8.62 Å². The van der Waals surface area contributed by atoms with Crippen LogP contribution in [0.4, 0.5) is 5.82 Å². The van der Waals surface area contributed by atoms with E-state index in [1.54, 1.807) is 0 Å². The largest absolute Gasteiger partial charge is 0.490 e. The van der Waals surface area contributed by atoms with Crippen LogP contribution in [0.5, 0.6) is 0 Å². The Balaban J connectivity index is 1.65. The first kappa shape index (κ1) is 24.3. The molecule has 0 spiro atoms. The van der Waals surface area contributed by atoms with Gasteiger partial charge in [0.2, 0.25) is 0 Å². The zero-order chi connectivity index (χ0) is 23.0. The molecule has 0 aliphatic carbocycles. The highest BCUT2D eigenvalue weighted by molar-refractivity contribution is 7.66. The number of fused-ring (bicyclic) bond motifs is 1. The molecule has 21 heteroatoms. The van der Waals surface area contributed by atoms with Gasteiger partial charge in [0.25, 0.3) is 0 Å². The van der Waals surface area contributed by atoms with E-state index in [9.17, 15) is 23.7 Å². The molecule has 1 saturated heterocycles. The van der Waals surface area contributed by atoms with E-state index in [2.05, 4.69) is 28.1 Å². The Hall–Kier alpha value is -1.36. The quantitative estimate of drug-likeness (QED) is 0.168. The minimum absolute atomic E-state index is 0.0199. The molecule has 2 aromatic rings. The highest BCUT2D eigenvalue weighted by Gasteiger charge is 2.43. The second kappa shape index (κ2) is 8.88. The van der Waals surface area contributed by atoms with Gasteiger partial charge in [-0.15, -0.1) is 0 Å². The third kappa shape index (κ3) is 6.12. The molecule has 2 unspecified atom stereocenters. The van der Waals surface area contributed by atoms with Gasteiger partial charge in [0, 0.05) is 6.42 Å².